The zero-order valence-electron chi connectivity index (χ0n) is 11.1. The predicted molar refractivity (Wildman–Crippen MR) is 75.7 cm³/mol. The lowest BCUT2D eigenvalue weighted by atomic mass is 10.3. The Morgan fingerprint density at radius 1 is 1.40 bits per heavy atom. The number of carbonyl (C=O) groups excluding carboxylic acids is 1. The van der Waals surface area contributed by atoms with Crippen LogP contribution in [0, 0.1) is 0 Å². The lowest BCUT2D eigenvalue weighted by Crippen LogP contribution is -2.26. The summed E-state index contributed by atoms with van der Waals surface area (Å²) in [6, 6.07) is 3.71. The summed E-state index contributed by atoms with van der Waals surface area (Å²) in [5.74, 6) is 1.19. The van der Waals surface area contributed by atoms with E-state index in [0.29, 0.717) is 24.1 Å². The molecule has 20 heavy (non-hydrogen) atoms. The van der Waals surface area contributed by atoms with Crippen molar-refractivity contribution in [1.82, 2.24) is 4.98 Å². The normalized spacial score (nSPS) is 15.1. The Morgan fingerprint density at radius 3 is 2.80 bits per heavy atom. The quantitative estimate of drug-likeness (QED) is 0.938. The molecular formula is C13H14N2O4S. The molecule has 2 heterocycles. The van der Waals surface area contributed by atoms with Crippen LogP contribution in [0.15, 0.2) is 12.1 Å². The van der Waals surface area contributed by atoms with Gasteiger partial charge in [-0.25, -0.2) is 4.98 Å². The number of nitrogens with zero attached hydrogens (tertiary/aromatic N) is 1. The summed E-state index contributed by atoms with van der Waals surface area (Å²) in [6.07, 6.45) is -0.512. The van der Waals surface area contributed by atoms with Gasteiger partial charge in [-0.1, -0.05) is 11.3 Å². The van der Waals surface area contributed by atoms with E-state index < -0.39 is 6.10 Å². The van der Waals surface area contributed by atoms with Crippen LogP contribution in [0.25, 0.3) is 10.2 Å². The second-order valence-corrected chi connectivity index (χ2v) is 5.38. The molecule has 1 N–H and O–H groups in total. The highest BCUT2D eigenvalue weighted by atomic mass is 32.1. The number of hydrogen-bond acceptors (Lipinski definition) is 6. The molecule has 1 atom stereocenters. The van der Waals surface area contributed by atoms with E-state index >= 15 is 0 Å². The van der Waals surface area contributed by atoms with Gasteiger partial charge in [0.05, 0.1) is 10.2 Å². The van der Waals surface area contributed by atoms with Gasteiger partial charge in [0.2, 0.25) is 0 Å². The maximum absolute atomic E-state index is 11.8. The molecular weight excluding hydrogens is 280 g/mol. The van der Waals surface area contributed by atoms with Gasteiger partial charge >= 0.3 is 0 Å². The Hall–Kier alpha value is -1.86. The van der Waals surface area contributed by atoms with E-state index in [4.69, 9.17) is 14.2 Å². The van der Waals surface area contributed by atoms with Crippen molar-refractivity contribution in [3.05, 3.63) is 12.1 Å². The minimum Gasteiger partial charge on any atom is -0.486 e. The van der Waals surface area contributed by atoms with Crippen LogP contribution >= 0.6 is 11.3 Å². The van der Waals surface area contributed by atoms with Crippen molar-refractivity contribution in [2.75, 3.05) is 25.6 Å². The zero-order valence-corrected chi connectivity index (χ0v) is 12.0. The number of carbonyl (C=O) groups is 1. The molecule has 1 amide bonds. The summed E-state index contributed by atoms with van der Waals surface area (Å²) in [5, 5.41) is 3.27. The van der Waals surface area contributed by atoms with Crippen molar-refractivity contribution in [2.24, 2.45) is 0 Å². The molecule has 0 bridgehead atoms. The summed E-state index contributed by atoms with van der Waals surface area (Å²) in [6.45, 7) is 2.77. The third-order valence-corrected chi connectivity index (χ3v) is 3.94. The number of amides is 1. The van der Waals surface area contributed by atoms with E-state index in [0.717, 1.165) is 16.0 Å². The molecule has 1 aliphatic rings. The monoisotopic (exact) mass is 294 g/mol. The average molecular weight is 294 g/mol. The predicted octanol–water partition coefficient (Wildman–Crippen LogP) is 2.04. The minimum atomic E-state index is -0.512. The minimum absolute atomic E-state index is 0.219. The van der Waals surface area contributed by atoms with E-state index in [1.54, 1.807) is 6.92 Å². The molecule has 1 unspecified atom stereocenters. The zero-order chi connectivity index (χ0) is 14.1. The summed E-state index contributed by atoms with van der Waals surface area (Å²) in [4.78, 5) is 16.1. The maximum Gasteiger partial charge on any atom is 0.254 e. The summed E-state index contributed by atoms with van der Waals surface area (Å²) in [5.41, 5.74) is 0.777. The molecule has 3 rings (SSSR count). The highest BCUT2D eigenvalue weighted by Crippen LogP contribution is 2.37. The maximum atomic E-state index is 11.8. The Labute approximate surface area is 119 Å². The Kier molecular flexibility index (Phi) is 3.45. The number of benzene rings is 1. The first-order valence-electron chi connectivity index (χ1n) is 6.21. The molecule has 0 spiro atoms. The van der Waals surface area contributed by atoms with E-state index in [1.807, 2.05) is 12.1 Å². The van der Waals surface area contributed by atoms with Gasteiger partial charge in [0, 0.05) is 19.2 Å². The lowest BCUT2D eigenvalue weighted by Gasteiger charge is -2.17. The van der Waals surface area contributed by atoms with Gasteiger partial charge in [0.15, 0.2) is 16.6 Å². The number of methoxy groups -OCH3 is 1. The molecule has 1 aromatic heterocycles. The SMILES string of the molecule is COC(C)C(=O)Nc1nc2cc3c(cc2s1)OCCO3. The molecule has 0 aliphatic carbocycles. The number of nitrogens with one attached hydrogen (secondary N) is 1. The fourth-order valence-corrected chi connectivity index (χ4v) is 2.71. The van der Waals surface area contributed by atoms with Gasteiger partial charge in [-0.2, -0.15) is 0 Å². The van der Waals surface area contributed by atoms with Crippen molar-refractivity contribution >= 4 is 32.6 Å². The third-order valence-electron chi connectivity index (χ3n) is 3.01. The van der Waals surface area contributed by atoms with Crippen molar-refractivity contribution in [2.45, 2.75) is 13.0 Å². The number of fused-ring (bicyclic) bond motifs is 2. The second kappa shape index (κ2) is 5.26. The average Bonchev–Trinajstić information content (AvgIpc) is 2.84. The molecule has 1 aliphatic heterocycles. The summed E-state index contributed by atoms with van der Waals surface area (Å²) in [7, 11) is 1.49. The van der Waals surface area contributed by atoms with Gasteiger partial charge in [0.1, 0.15) is 19.3 Å². The molecule has 106 valence electrons. The van der Waals surface area contributed by atoms with Crippen LogP contribution in [0.5, 0.6) is 11.5 Å². The first-order valence-corrected chi connectivity index (χ1v) is 7.03. The molecule has 0 saturated heterocycles. The topological polar surface area (TPSA) is 69.7 Å². The number of ether oxygens (including phenoxy) is 3. The fourth-order valence-electron chi connectivity index (χ4n) is 1.83. The number of anilines is 1. The molecule has 1 aromatic carbocycles. The van der Waals surface area contributed by atoms with E-state index in [-0.39, 0.29) is 5.91 Å². The summed E-state index contributed by atoms with van der Waals surface area (Å²) >= 11 is 1.39. The molecule has 7 heteroatoms. The van der Waals surface area contributed by atoms with Crippen molar-refractivity contribution < 1.29 is 19.0 Å². The first-order chi connectivity index (χ1) is 9.67. The van der Waals surface area contributed by atoms with Crippen LogP contribution in [0.3, 0.4) is 0 Å². The molecule has 0 saturated carbocycles. The standard InChI is InChI=1S/C13H14N2O4S/c1-7(17-2)12(16)15-13-14-8-5-9-10(6-11(8)20-13)19-4-3-18-9/h5-7H,3-4H2,1-2H3,(H,14,15,16). The van der Waals surface area contributed by atoms with Crippen LogP contribution in [-0.2, 0) is 9.53 Å². The molecule has 2 aromatic rings. The van der Waals surface area contributed by atoms with Crippen LogP contribution < -0.4 is 14.8 Å². The smallest absolute Gasteiger partial charge is 0.254 e. The van der Waals surface area contributed by atoms with Crippen molar-refractivity contribution in [1.29, 1.82) is 0 Å². The van der Waals surface area contributed by atoms with Gasteiger partial charge in [-0.05, 0) is 6.92 Å². The van der Waals surface area contributed by atoms with E-state index in [2.05, 4.69) is 10.3 Å². The van der Waals surface area contributed by atoms with E-state index in [1.165, 1.54) is 18.4 Å². The van der Waals surface area contributed by atoms with Crippen molar-refractivity contribution in [3.8, 4) is 11.5 Å². The lowest BCUT2D eigenvalue weighted by molar-refractivity contribution is -0.124. The fraction of sp³-hybridized carbons (Fsp3) is 0.385. The highest BCUT2D eigenvalue weighted by molar-refractivity contribution is 7.22. The van der Waals surface area contributed by atoms with Crippen molar-refractivity contribution in [3.63, 3.8) is 0 Å². The van der Waals surface area contributed by atoms with Crippen LogP contribution in [0.1, 0.15) is 6.92 Å². The van der Waals surface area contributed by atoms with Gasteiger partial charge in [-0.15, -0.1) is 0 Å². The Bertz CT molecular complexity index is 612. The number of aromatic nitrogens is 1. The molecule has 6 nitrogen and oxygen atoms in total. The van der Waals surface area contributed by atoms with Crippen LogP contribution in [-0.4, -0.2) is 37.3 Å². The van der Waals surface area contributed by atoms with Gasteiger partial charge < -0.3 is 14.2 Å². The van der Waals surface area contributed by atoms with Crippen LogP contribution in [0.4, 0.5) is 5.13 Å². The molecule has 0 radical (unpaired) electrons. The van der Waals surface area contributed by atoms with Crippen LogP contribution in [0.2, 0.25) is 0 Å². The number of rotatable bonds is 3. The Balaban J connectivity index is 1.89. The number of hydrogen-bond donors (Lipinski definition) is 1. The number of thiazole rings is 1. The first kappa shape index (κ1) is 13.1. The van der Waals surface area contributed by atoms with E-state index in [9.17, 15) is 4.79 Å². The van der Waals surface area contributed by atoms with Gasteiger partial charge in [-0.3, -0.25) is 10.1 Å². The summed E-state index contributed by atoms with van der Waals surface area (Å²) < 4.78 is 16.9. The molecule has 0 fully saturated rings. The third kappa shape index (κ3) is 2.41. The largest absolute Gasteiger partial charge is 0.486 e. The second-order valence-electron chi connectivity index (χ2n) is 4.35. The van der Waals surface area contributed by atoms with Gasteiger partial charge in [0.25, 0.3) is 5.91 Å². The highest BCUT2D eigenvalue weighted by Gasteiger charge is 2.17. The Morgan fingerprint density at radius 2 is 2.10 bits per heavy atom.